The van der Waals surface area contributed by atoms with Crippen LogP contribution in [-0.4, -0.2) is 10.7 Å². The molecule has 0 aromatic heterocycles. The maximum Gasteiger partial charge on any atom is 0.0822 e. The van der Waals surface area contributed by atoms with E-state index in [1.165, 1.54) is 0 Å². The maximum atomic E-state index is 9.65. The van der Waals surface area contributed by atoms with Crippen LogP contribution in [0.4, 0.5) is 0 Å². The van der Waals surface area contributed by atoms with Crippen molar-refractivity contribution in [3.63, 3.8) is 0 Å². The monoisotopic (exact) mass is 141 g/mol. The second-order valence-electron chi connectivity index (χ2n) is 2.50. The van der Waals surface area contributed by atoms with Crippen LogP contribution < -0.4 is 0 Å². The van der Waals surface area contributed by atoms with Crippen molar-refractivity contribution in [2.24, 2.45) is 0 Å². The Balaban J connectivity index is 3.92. The largest absolute Gasteiger partial charge is 0.386 e. The first-order chi connectivity index (χ1) is 4.68. The van der Waals surface area contributed by atoms with Gasteiger partial charge < -0.3 is 5.11 Å². The molecule has 1 radical (unpaired) electrons. The van der Waals surface area contributed by atoms with Crippen molar-refractivity contribution in [2.45, 2.75) is 38.7 Å². The first-order valence-corrected chi connectivity index (χ1v) is 3.88. The van der Waals surface area contributed by atoms with Crippen LogP contribution in [0, 0.1) is 6.92 Å². The SMILES string of the molecule is [CH2]C/C=C/C(O)(CC)CC. The molecule has 0 saturated carbocycles. The van der Waals surface area contributed by atoms with E-state index in [0.29, 0.717) is 0 Å². The van der Waals surface area contributed by atoms with Crippen molar-refractivity contribution in [1.82, 2.24) is 0 Å². The van der Waals surface area contributed by atoms with Crippen LogP contribution >= 0.6 is 0 Å². The van der Waals surface area contributed by atoms with E-state index in [0.717, 1.165) is 19.3 Å². The van der Waals surface area contributed by atoms with Crippen LogP contribution in [0.2, 0.25) is 0 Å². The Morgan fingerprint density at radius 2 is 1.90 bits per heavy atom. The summed E-state index contributed by atoms with van der Waals surface area (Å²) in [6.07, 6.45) is 6.06. The first kappa shape index (κ1) is 9.70. The van der Waals surface area contributed by atoms with Crippen LogP contribution in [0.15, 0.2) is 12.2 Å². The molecule has 0 aromatic rings. The molecule has 0 rings (SSSR count). The normalized spacial score (nSPS) is 12.8. The molecule has 0 atom stereocenters. The van der Waals surface area contributed by atoms with Gasteiger partial charge in [-0.3, -0.25) is 0 Å². The molecule has 10 heavy (non-hydrogen) atoms. The van der Waals surface area contributed by atoms with Gasteiger partial charge in [0.05, 0.1) is 5.60 Å². The van der Waals surface area contributed by atoms with Crippen LogP contribution in [0.25, 0.3) is 0 Å². The van der Waals surface area contributed by atoms with Crippen LogP contribution in [-0.2, 0) is 0 Å². The summed E-state index contributed by atoms with van der Waals surface area (Å²) in [5, 5.41) is 9.65. The van der Waals surface area contributed by atoms with Crippen molar-refractivity contribution < 1.29 is 5.11 Å². The molecular weight excluding hydrogens is 124 g/mol. The van der Waals surface area contributed by atoms with E-state index in [9.17, 15) is 5.11 Å². The molecule has 1 heteroatoms. The van der Waals surface area contributed by atoms with E-state index >= 15 is 0 Å². The molecule has 59 valence electrons. The number of hydrogen-bond donors (Lipinski definition) is 1. The number of rotatable bonds is 4. The second kappa shape index (κ2) is 4.51. The molecule has 0 aromatic carbocycles. The van der Waals surface area contributed by atoms with E-state index in [1.54, 1.807) is 0 Å². The first-order valence-electron chi connectivity index (χ1n) is 3.88. The highest BCUT2D eigenvalue weighted by atomic mass is 16.3. The Bertz CT molecular complexity index is 101. The summed E-state index contributed by atoms with van der Waals surface area (Å²) in [6, 6.07) is 0. The molecule has 1 nitrogen and oxygen atoms in total. The van der Waals surface area contributed by atoms with Gasteiger partial charge in [0, 0.05) is 0 Å². The molecule has 0 aliphatic heterocycles. The Morgan fingerprint density at radius 3 is 2.20 bits per heavy atom. The lowest BCUT2D eigenvalue weighted by Crippen LogP contribution is -2.22. The van der Waals surface area contributed by atoms with E-state index in [1.807, 2.05) is 26.0 Å². The van der Waals surface area contributed by atoms with Crippen LogP contribution in [0.5, 0.6) is 0 Å². The molecule has 0 saturated heterocycles. The summed E-state index contributed by atoms with van der Waals surface area (Å²) in [7, 11) is 0. The molecule has 0 spiro atoms. The molecule has 1 N–H and O–H groups in total. The summed E-state index contributed by atoms with van der Waals surface area (Å²) in [4.78, 5) is 0. The standard InChI is InChI=1S/C9H17O/c1-4-7-8-9(10,5-2)6-3/h7-8,10H,1,4-6H2,2-3H3/b8-7+. The molecule has 0 fully saturated rings. The molecule has 0 amide bonds. The zero-order valence-electron chi connectivity index (χ0n) is 6.93. The molecule has 0 unspecified atom stereocenters. The minimum atomic E-state index is -0.586. The number of hydrogen-bond acceptors (Lipinski definition) is 1. The number of allylic oxidation sites excluding steroid dienone is 1. The van der Waals surface area contributed by atoms with Gasteiger partial charge in [0.1, 0.15) is 0 Å². The molecular formula is C9H17O. The Morgan fingerprint density at radius 1 is 1.40 bits per heavy atom. The van der Waals surface area contributed by atoms with Gasteiger partial charge in [-0.1, -0.05) is 26.0 Å². The van der Waals surface area contributed by atoms with Crippen molar-refractivity contribution in [3.05, 3.63) is 19.1 Å². The highest BCUT2D eigenvalue weighted by Crippen LogP contribution is 2.15. The fourth-order valence-electron chi connectivity index (χ4n) is 0.788. The van der Waals surface area contributed by atoms with Crippen molar-refractivity contribution in [3.8, 4) is 0 Å². The second-order valence-corrected chi connectivity index (χ2v) is 2.50. The van der Waals surface area contributed by atoms with Gasteiger partial charge in [0.2, 0.25) is 0 Å². The number of aliphatic hydroxyl groups is 1. The third-order valence-corrected chi connectivity index (χ3v) is 1.82. The minimum Gasteiger partial charge on any atom is -0.386 e. The summed E-state index contributed by atoms with van der Waals surface area (Å²) in [6.45, 7) is 7.63. The van der Waals surface area contributed by atoms with Gasteiger partial charge in [-0.2, -0.15) is 0 Å². The van der Waals surface area contributed by atoms with E-state index in [-0.39, 0.29) is 0 Å². The maximum absolute atomic E-state index is 9.65. The van der Waals surface area contributed by atoms with Crippen molar-refractivity contribution >= 4 is 0 Å². The summed E-state index contributed by atoms with van der Waals surface area (Å²) >= 11 is 0. The van der Waals surface area contributed by atoms with E-state index in [4.69, 9.17) is 0 Å². The van der Waals surface area contributed by atoms with Gasteiger partial charge in [0.25, 0.3) is 0 Å². The molecule has 0 aliphatic rings. The highest BCUT2D eigenvalue weighted by molar-refractivity contribution is 4.99. The zero-order valence-corrected chi connectivity index (χ0v) is 6.93. The lowest BCUT2D eigenvalue weighted by Gasteiger charge is -2.19. The van der Waals surface area contributed by atoms with Gasteiger partial charge in [0.15, 0.2) is 0 Å². The van der Waals surface area contributed by atoms with Gasteiger partial charge >= 0.3 is 0 Å². The van der Waals surface area contributed by atoms with E-state index < -0.39 is 5.60 Å². The predicted molar refractivity (Wildman–Crippen MR) is 44.6 cm³/mol. The smallest absolute Gasteiger partial charge is 0.0822 e. The third-order valence-electron chi connectivity index (χ3n) is 1.82. The Hall–Kier alpha value is -0.300. The Kier molecular flexibility index (Phi) is 4.37. The van der Waals surface area contributed by atoms with Gasteiger partial charge in [-0.15, -0.1) is 0 Å². The molecule has 0 aliphatic carbocycles. The average molecular weight is 141 g/mol. The lowest BCUT2D eigenvalue weighted by atomic mass is 9.97. The Labute approximate surface area is 63.8 Å². The van der Waals surface area contributed by atoms with Gasteiger partial charge in [-0.05, 0) is 26.2 Å². The summed E-state index contributed by atoms with van der Waals surface area (Å²) < 4.78 is 0. The van der Waals surface area contributed by atoms with E-state index in [2.05, 4.69) is 6.92 Å². The quantitative estimate of drug-likeness (QED) is 0.596. The molecule has 0 bridgehead atoms. The topological polar surface area (TPSA) is 20.2 Å². The van der Waals surface area contributed by atoms with Crippen molar-refractivity contribution in [2.75, 3.05) is 0 Å². The molecule has 0 heterocycles. The lowest BCUT2D eigenvalue weighted by molar-refractivity contribution is 0.0826. The van der Waals surface area contributed by atoms with Crippen molar-refractivity contribution in [1.29, 1.82) is 0 Å². The van der Waals surface area contributed by atoms with Gasteiger partial charge in [-0.25, -0.2) is 0 Å². The van der Waals surface area contributed by atoms with Crippen LogP contribution in [0.1, 0.15) is 33.1 Å². The predicted octanol–water partition coefficient (Wildman–Crippen LogP) is 2.32. The minimum absolute atomic E-state index is 0.586. The highest BCUT2D eigenvalue weighted by Gasteiger charge is 2.16. The fourth-order valence-corrected chi connectivity index (χ4v) is 0.788. The van der Waals surface area contributed by atoms with Crippen LogP contribution in [0.3, 0.4) is 0 Å². The summed E-state index contributed by atoms with van der Waals surface area (Å²) in [5.41, 5.74) is -0.586. The summed E-state index contributed by atoms with van der Waals surface area (Å²) in [5.74, 6) is 0. The average Bonchev–Trinajstić information content (AvgIpc) is 2.00. The third kappa shape index (κ3) is 3.02. The zero-order chi connectivity index (χ0) is 8.04. The fraction of sp³-hybridized carbons (Fsp3) is 0.667.